The maximum absolute atomic E-state index is 10.6. The van der Waals surface area contributed by atoms with Crippen molar-refractivity contribution < 1.29 is 19.7 Å². The molecule has 5 heteroatoms. The lowest BCUT2D eigenvalue weighted by Gasteiger charge is -2.37. The minimum atomic E-state index is -0.964. The predicted molar refractivity (Wildman–Crippen MR) is 91.7 cm³/mol. The first-order valence-corrected chi connectivity index (χ1v) is 8.85. The highest BCUT2D eigenvalue weighted by molar-refractivity contribution is 14.1. The van der Waals surface area contributed by atoms with Gasteiger partial charge in [-0.25, -0.2) is 0 Å². The Hall–Kier alpha value is -0.470. The van der Waals surface area contributed by atoms with E-state index in [-0.39, 0.29) is 24.2 Å². The fourth-order valence-electron chi connectivity index (χ4n) is 3.38. The fraction of sp³-hybridized carbons (Fsp3) is 0.529. The minimum absolute atomic E-state index is 0.0391. The summed E-state index contributed by atoms with van der Waals surface area (Å²) in [4.78, 5) is 0. The molecule has 0 aliphatic carbocycles. The second kappa shape index (κ2) is 6.97. The third-order valence-electron chi connectivity index (χ3n) is 4.66. The van der Waals surface area contributed by atoms with Crippen molar-refractivity contribution >= 4 is 22.6 Å². The van der Waals surface area contributed by atoms with Gasteiger partial charge in [0.05, 0.1) is 18.3 Å². The number of benzene rings is 1. The molecule has 0 radical (unpaired) electrons. The number of ether oxygens (including phenoxy) is 2. The Kier molecular flexibility index (Phi) is 5.19. The molecule has 2 aliphatic heterocycles. The monoisotopic (exact) mass is 416 g/mol. The van der Waals surface area contributed by atoms with Gasteiger partial charge in [0.2, 0.25) is 0 Å². The van der Waals surface area contributed by atoms with E-state index in [2.05, 4.69) is 22.6 Å². The van der Waals surface area contributed by atoms with Crippen LogP contribution in [-0.2, 0) is 9.47 Å². The van der Waals surface area contributed by atoms with Crippen LogP contribution in [-0.4, -0.2) is 40.7 Å². The molecular formula is C17H21IO4. The smallest absolute Gasteiger partial charge is 0.111 e. The van der Waals surface area contributed by atoms with Gasteiger partial charge in [0.25, 0.3) is 0 Å². The molecule has 1 aromatic carbocycles. The zero-order valence-electron chi connectivity index (χ0n) is 12.4. The van der Waals surface area contributed by atoms with Crippen LogP contribution in [0.25, 0.3) is 0 Å². The van der Waals surface area contributed by atoms with Crippen molar-refractivity contribution in [1.29, 1.82) is 0 Å². The van der Waals surface area contributed by atoms with Crippen LogP contribution in [0.3, 0.4) is 0 Å². The molecule has 22 heavy (non-hydrogen) atoms. The lowest BCUT2D eigenvalue weighted by molar-refractivity contribution is -0.152. The van der Waals surface area contributed by atoms with E-state index in [1.165, 1.54) is 0 Å². The van der Waals surface area contributed by atoms with E-state index in [0.29, 0.717) is 5.56 Å². The van der Waals surface area contributed by atoms with Crippen LogP contribution in [0.2, 0.25) is 0 Å². The molecule has 0 spiro atoms. The van der Waals surface area contributed by atoms with E-state index in [0.717, 1.165) is 6.42 Å². The quantitative estimate of drug-likeness (QED) is 0.742. The van der Waals surface area contributed by atoms with E-state index in [4.69, 9.17) is 9.47 Å². The second-order valence-corrected chi connectivity index (χ2v) is 6.76. The highest BCUT2D eigenvalue weighted by atomic mass is 127. The van der Waals surface area contributed by atoms with Gasteiger partial charge >= 0.3 is 0 Å². The van der Waals surface area contributed by atoms with E-state index in [9.17, 15) is 10.2 Å². The molecule has 2 fully saturated rings. The van der Waals surface area contributed by atoms with Crippen molar-refractivity contribution in [3.05, 3.63) is 46.1 Å². The Labute approximate surface area is 144 Å². The molecule has 120 valence electrons. The largest absolute Gasteiger partial charge is 0.387 e. The summed E-state index contributed by atoms with van der Waals surface area (Å²) in [5.74, 6) is 0.0391. The van der Waals surface area contributed by atoms with Crippen LogP contribution in [0.4, 0.5) is 0 Å². The van der Waals surface area contributed by atoms with Gasteiger partial charge in [0, 0.05) is 12.3 Å². The minimum Gasteiger partial charge on any atom is -0.387 e. The predicted octanol–water partition coefficient (Wildman–Crippen LogP) is 2.59. The van der Waals surface area contributed by atoms with Gasteiger partial charge in [-0.2, -0.15) is 0 Å². The summed E-state index contributed by atoms with van der Waals surface area (Å²) in [5.41, 5.74) is 0.702. The topological polar surface area (TPSA) is 58.9 Å². The van der Waals surface area contributed by atoms with Crippen LogP contribution >= 0.6 is 22.6 Å². The lowest BCUT2D eigenvalue weighted by atomic mass is 9.85. The van der Waals surface area contributed by atoms with Gasteiger partial charge in [-0.15, -0.1) is 0 Å². The fourth-order valence-corrected chi connectivity index (χ4v) is 3.79. The number of hydrogen-bond donors (Lipinski definition) is 2. The maximum atomic E-state index is 10.6. The van der Waals surface area contributed by atoms with Crippen LogP contribution in [0, 0.1) is 5.92 Å². The standard InChI is InChI=1S/C17H21IO4/c1-10-13-9-14(12(21-13)7-8-18)22-17(10)16(20)15(19)11-5-3-2-4-6-11/h2-8,10,12-17,19-20H,9H2,1H3/b8-7+/t10-,12-,13-,14-,15?,16?,17-/m1/s1. The Balaban J connectivity index is 1.74. The molecule has 3 rings (SSSR count). The van der Waals surface area contributed by atoms with Crippen molar-refractivity contribution in [2.24, 2.45) is 5.92 Å². The Morgan fingerprint density at radius 2 is 1.91 bits per heavy atom. The van der Waals surface area contributed by atoms with E-state index >= 15 is 0 Å². The molecule has 2 N–H and O–H groups in total. The maximum Gasteiger partial charge on any atom is 0.111 e. The molecule has 7 atom stereocenters. The number of fused-ring (bicyclic) bond motifs is 2. The SMILES string of the molecule is C[C@@H]1[C@H]2C[C@@H](O[C@H]1C(O)C(O)c1ccccc1)[C@@H](/C=C/I)O2. The molecule has 0 aromatic heterocycles. The van der Waals surface area contributed by atoms with Crippen LogP contribution in [0.1, 0.15) is 25.0 Å². The average molecular weight is 416 g/mol. The van der Waals surface area contributed by atoms with Crippen molar-refractivity contribution in [2.45, 2.75) is 50.0 Å². The van der Waals surface area contributed by atoms with Crippen molar-refractivity contribution in [3.8, 4) is 0 Å². The van der Waals surface area contributed by atoms with Crippen molar-refractivity contribution in [2.75, 3.05) is 0 Å². The third kappa shape index (κ3) is 3.10. The molecule has 2 unspecified atom stereocenters. The zero-order valence-corrected chi connectivity index (χ0v) is 14.5. The summed E-state index contributed by atoms with van der Waals surface area (Å²) < 4.78 is 14.0. The van der Waals surface area contributed by atoms with E-state index < -0.39 is 18.3 Å². The second-order valence-electron chi connectivity index (χ2n) is 6.04. The van der Waals surface area contributed by atoms with Crippen LogP contribution < -0.4 is 0 Å². The molecule has 2 saturated heterocycles. The zero-order chi connectivity index (χ0) is 15.7. The molecule has 1 aromatic rings. The van der Waals surface area contributed by atoms with Crippen molar-refractivity contribution in [3.63, 3.8) is 0 Å². The first-order valence-electron chi connectivity index (χ1n) is 7.60. The molecule has 2 bridgehead atoms. The van der Waals surface area contributed by atoms with Crippen LogP contribution in [0.15, 0.2) is 40.5 Å². The molecule has 2 aliphatic rings. The van der Waals surface area contributed by atoms with Crippen LogP contribution in [0.5, 0.6) is 0 Å². The Bertz CT molecular complexity index is 521. The van der Waals surface area contributed by atoms with Gasteiger partial charge in [-0.1, -0.05) is 59.8 Å². The van der Waals surface area contributed by atoms with E-state index in [1.54, 1.807) is 0 Å². The molecule has 0 amide bonds. The number of rotatable bonds is 4. The normalized spacial score (nSPS) is 37.4. The van der Waals surface area contributed by atoms with Gasteiger partial charge in [-0.05, 0) is 15.7 Å². The van der Waals surface area contributed by atoms with Crippen molar-refractivity contribution in [1.82, 2.24) is 0 Å². The van der Waals surface area contributed by atoms with Gasteiger partial charge < -0.3 is 19.7 Å². The lowest BCUT2D eigenvalue weighted by Crippen LogP contribution is -2.47. The number of aliphatic hydroxyl groups excluding tert-OH is 2. The Morgan fingerprint density at radius 3 is 2.59 bits per heavy atom. The summed E-state index contributed by atoms with van der Waals surface area (Å²) in [7, 11) is 0. The highest BCUT2D eigenvalue weighted by Gasteiger charge is 2.49. The number of hydrogen-bond acceptors (Lipinski definition) is 4. The number of aliphatic hydroxyl groups is 2. The summed E-state index contributed by atoms with van der Waals surface area (Å²) in [6, 6.07) is 9.22. The van der Waals surface area contributed by atoms with Gasteiger partial charge in [0.1, 0.15) is 18.3 Å². The Morgan fingerprint density at radius 1 is 1.18 bits per heavy atom. The van der Waals surface area contributed by atoms with Gasteiger partial charge in [-0.3, -0.25) is 0 Å². The summed E-state index contributed by atoms with van der Waals surface area (Å²) in [6.07, 6.45) is 0.451. The van der Waals surface area contributed by atoms with E-state index in [1.807, 2.05) is 47.4 Å². The molecule has 4 nitrogen and oxygen atoms in total. The first kappa shape index (κ1) is 16.4. The molecule has 2 heterocycles. The highest BCUT2D eigenvalue weighted by Crippen LogP contribution is 2.40. The third-order valence-corrected chi connectivity index (χ3v) is 5.08. The van der Waals surface area contributed by atoms with Gasteiger partial charge in [0.15, 0.2) is 0 Å². The number of halogens is 1. The molecular weight excluding hydrogens is 395 g/mol. The summed E-state index contributed by atoms with van der Waals surface area (Å²) in [5, 5.41) is 21.0. The first-order chi connectivity index (χ1) is 10.6. The summed E-state index contributed by atoms with van der Waals surface area (Å²) >= 11 is 2.17. The average Bonchev–Trinajstić information content (AvgIpc) is 2.89. The summed E-state index contributed by atoms with van der Waals surface area (Å²) in [6.45, 7) is 2.02. The molecule has 0 saturated carbocycles.